The van der Waals surface area contributed by atoms with Crippen LogP contribution in [0.1, 0.15) is 13.3 Å². The average molecular weight is 146 g/mol. The fraction of sp³-hybridized carbons (Fsp3) is 1.00. The van der Waals surface area contributed by atoms with Gasteiger partial charge in [-0.3, -0.25) is 0 Å². The zero-order valence-corrected chi connectivity index (χ0v) is 6.89. The van der Waals surface area contributed by atoms with Gasteiger partial charge in [0.05, 0.1) is 12.7 Å². The van der Waals surface area contributed by atoms with Gasteiger partial charge in [-0.2, -0.15) is 0 Å². The number of morpholine rings is 1. The minimum Gasteiger partial charge on any atom is -0.376 e. The number of nitrogens with one attached hydrogen (secondary N) is 1. The van der Waals surface area contributed by atoms with E-state index >= 15 is 0 Å². The summed E-state index contributed by atoms with van der Waals surface area (Å²) in [5.74, 6) is 0. The summed E-state index contributed by atoms with van der Waals surface area (Å²) in [5, 5.41) is 3.26. The third kappa shape index (κ3) is 3.82. The van der Waals surface area contributed by atoms with Crippen molar-refractivity contribution in [2.45, 2.75) is 19.4 Å². The van der Waals surface area contributed by atoms with E-state index in [9.17, 15) is 0 Å². The zero-order valence-electron chi connectivity index (χ0n) is 6.89. The van der Waals surface area contributed by atoms with E-state index in [1.807, 2.05) is 0 Å². The van der Waals surface area contributed by atoms with Crippen molar-refractivity contribution in [2.24, 2.45) is 5.73 Å². The highest BCUT2D eigenvalue weighted by Gasteiger charge is 2.08. The SMILES string of the molecule is CCC1CNCCO1.CN. The molecule has 3 nitrogen and oxygen atoms in total. The summed E-state index contributed by atoms with van der Waals surface area (Å²) in [6.07, 6.45) is 1.61. The maximum absolute atomic E-state index is 5.36. The lowest BCUT2D eigenvalue weighted by atomic mass is 10.2. The van der Waals surface area contributed by atoms with Crippen LogP contribution >= 0.6 is 0 Å². The molecule has 0 spiro atoms. The number of ether oxygens (including phenoxy) is 1. The lowest BCUT2D eigenvalue weighted by molar-refractivity contribution is 0.0267. The van der Waals surface area contributed by atoms with E-state index in [0.717, 1.165) is 26.1 Å². The molecule has 0 bridgehead atoms. The van der Waals surface area contributed by atoms with Crippen LogP contribution in [0, 0.1) is 0 Å². The molecule has 0 aromatic rings. The molecule has 1 rings (SSSR count). The normalized spacial score (nSPS) is 24.9. The molecule has 1 saturated heterocycles. The minimum absolute atomic E-state index is 0.476. The van der Waals surface area contributed by atoms with E-state index in [1.165, 1.54) is 7.05 Å². The van der Waals surface area contributed by atoms with Gasteiger partial charge in [0, 0.05) is 13.1 Å². The molecule has 0 amide bonds. The predicted molar refractivity (Wildman–Crippen MR) is 43.0 cm³/mol. The summed E-state index contributed by atoms with van der Waals surface area (Å²) >= 11 is 0. The van der Waals surface area contributed by atoms with Crippen LogP contribution in [0.5, 0.6) is 0 Å². The lowest BCUT2D eigenvalue weighted by Gasteiger charge is -2.21. The van der Waals surface area contributed by atoms with Gasteiger partial charge in [-0.05, 0) is 13.5 Å². The van der Waals surface area contributed by atoms with Crippen molar-refractivity contribution in [3.05, 3.63) is 0 Å². The van der Waals surface area contributed by atoms with Gasteiger partial charge < -0.3 is 15.8 Å². The van der Waals surface area contributed by atoms with Crippen molar-refractivity contribution in [1.29, 1.82) is 0 Å². The monoisotopic (exact) mass is 146 g/mol. The first-order chi connectivity index (χ1) is 4.93. The Morgan fingerprint density at radius 3 is 2.60 bits per heavy atom. The Labute approximate surface area is 62.9 Å². The van der Waals surface area contributed by atoms with Crippen LogP contribution in [0.3, 0.4) is 0 Å². The molecule has 0 aliphatic carbocycles. The Bertz CT molecular complexity index is 62.6. The molecule has 3 N–H and O–H groups in total. The molecular formula is C7H18N2O. The van der Waals surface area contributed by atoms with Gasteiger partial charge in [-0.25, -0.2) is 0 Å². The van der Waals surface area contributed by atoms with E-state index in [-0.39, 0.29) is 0 Å². The van der Waals surface area contributed by atoms with Gasteiger partial charge >= 0.3 is 0 Å². The largest absolute Gasteiger partial charge is 0.376 e. The van der Waals surface area contributed by atoms with Crippen molar-refractivity contribution in [3.8, 4) is 0 Å². The van der Waals surface area contributed by atoms with Crippen LogP contribution < -0.4 is 11.1 Å². The van der Waals surface area contributed by atoms with Gasteiger partial charge in [0.1, 0.15) is 0 Å². The predicted octanol–water partition coefficient (Wildman–Crippen LogP) is -0.0403. The maximum Gasteiger partial charge on any atom is 0.0697 e. The zero-order chi connectivity index (χ0) is 7.82. The Balaban J connectivity index is 0.000000371. The van der Waals surface area contributed by atoms with Crippen LogP contribution in [-0.2, 0) is 4.74 Å². The third-order valence-electron chi connectivity index (χ3n) is 1.46. The van der Waals surface area contributed by atoms with E-state index in [4.69, 9.17) is 4.74 Å². The molecular weight excluding hydrogens is 128 g/mol. The Kier molecular flexibility index (Phi) is 6.91. The minimum atomic E-state index is 0.476. The van der Waals surface area contributed by atoms with E-state index < -0.39 is 0 Å². The van der Waals surface area contributed by atoms with Crippen LogP contribution in [0.2, 0.25) is 0 Å². The summed E-state index contributed by atoms with van der Waals surface area (Å²) in [5.41, 5.74) is 4.50. The van der Waals surface area contributed by atoms with Crippen LogP contribution in [0.25, 0.3) is 0 Å². The Hall–Kier alpha value is -0.120. The molecule has 0 aromatic carbocycles. The Morgan fingerprint density at radius 2 is 2.30 bits per heavy atom. The lowest BCUT2D eigenvalue weighted by Crippen LogP contribution is -2.37. The maximum atomic E-state index is 5.36. The summed E-state index contributed by atoms with van der Waals surface area (Å²) in [6, 6.07) is 0. The smallest absolute Gasteiger partial charge is 0.0697 e. The Morgan fingerprint density at radius 1 is 1.60 bits per heavy atom. The highest BCUT2D eigenvalue weighted by molar-refractivity contribution is 4.63. The fourth-order valence-corrected chi connectivity index (χ4v) is 0.882. The molecule has 0 radical (unpaired) electrons. The van der Waals surface area contributed by atoms with Crippen molar-refractivity contribution < 1.29 is 4.74 Å². The second-order valence-corrected chi connectivity index (χ2v) is 2.11. The van der Waals surface area contributed by atoms with Gasteiger partial charge in [-0.15, -0.1) is 0 Å². The topological polar surface area (TPSA) is 47.3 Å². The number of hydrogen-bond donors (Lipinski definition) is 2. The van der Waals surface area contributed by atoms with Crippen molar-refractivity contribution in [3.63, 3.8) is 0 Å². The number of hydrogen-bond acceptors (Lipinski definition) is 3. The molecule has 1 fully saturated rings. The molecule has 1 heterocycles. The van der Waals surface area contributed by atoms with Crippen molar-refractivity contribution in [2.75, 3.05) is 26.7 Å². The van der Waals surface area contributed by atoms with Crippen molar-refractivity contribution in [1.82, 2.24) is 5.32 Å². The second-order valence-electron chi connectivity index (χ2n) is 2.11. The molecule has 0 aromatic heterocycles. The molecule has 10 heavy (non-hydrogen) atoms. The van der Waals surface area contributed by atoms with Gasteiger partial charge in [0.2, 0.25) is 0 Å². The van der Waals surface area contributed by atoms with E-state index in [0.29, 0.717) is 6.10 Å². The standard InChI is InChI=1S/C6H13NO.CH5N/c1-2-6-5-7-3-4-8-6;1-2/h6-7H,2-5H2,1H3;2H2,1H3. The van der Waals surface area contributed by atoms with Crippen molar-refractivity contribution >= 4 is 0 Å². The third-order valence-corrected chi connectivity index (χ3v) is 1.46. The summed E-state index contributed by atoms with van der Waals surface area (Å²) in [4.78, 5) is 0. The molecule has 1 unspecified atom stereocenters. The molecule has 1 atom stereocenters. The van der Waals surface area contributed by atoms with E-state index in [2.05, 4.69) is 18.0 Å². The number of nitrogens with two attached hydrogens (primary N) is 1. The van der Waals surface area contributed by atoms with Crippen LogP contribution in [-0.4, -0.2) is 32.8 Å². The first kappa shape index (κ1) is 9.88. The number of rotatable bonds is 1. The molecule has 0 saturated carbocycles. The summed E-state index contributed by atoms with van der Waals surface area (Å²) < 4.78 is 5.36. The average Bonchev–Trinajstić information content (AvgIpc) is 2.10. The van der Waals surface area contributed by atoms with Crippen LogP contribution in [0.15, 0.2) is 0 Å². The highest BCUT2D eigenvalue weighted by atomic mass is 16.5. The van der Waals surface area contributed by atoms with E-state index in [1.54, 1.807) is 0 Å². The van der Waals surface area contributed by atoms with Crippen LogP contribution in [0.4, 0.5) is 0 Å². The second kappa shape index (κ2) is 6.99. The summed E-state index contributed by atoms with van der Waals surface area (Å²) in [6.45, 7) is 5.10. The van der Waals surface area contributed by atoms with Gasteiger partial charge in [-0.1, -0.05) is 6.92 Å². The molecule has 1 aliphatic rings. The first-order valence-electron chi connectivity index (χ1n) is 3.83. The van der Waals surface area contributed by atoms with Gasteiger partial charge in [0.15, 0.2) is 0 Å². The first-order valence-corrected chi connectivity index (χ1v) is 3.83. The quantitative estimate of drug-likeness (QED) is 0.545. The molecule has 62 valence electrons. The fourth-order valence-electron chi connectivity index (χ4n) is 0.882. The summed E-state index contributed by atoms with van der Waals surface area (Å²) in [7, 11) is 1.50. The molecule has 3 heteroatoms. The molecule has 1 aliphatic heterocycles. The highest BCUT2D eigenvalue weighted by Crippen LogP contribution is 1.98. The van der Waals surface area contributed by atoms with Gasteiger partial charge in [0.25, 0.3) is 0 Å².